The second-order valence-corrected chi connectivity index (χ2v) is 4.30. The molecule has 1 rings (SSSR count). The highest BCUT2D eigenvalue weighted by molar-refractivity contribution is 9.10. The molecule has 0 aliphatic heterocycles. The number of hydrogen-bond donors (Lipinski definition) is 1. The molecule has 0 aromatic carbocycles. The first-order chi connectivity index (χ1) is 6.74. The van der Waals surface area contributed by atoms with Crippen LogP contribution >= 0.6 is 15.9 Å². The molecule has 2 nitrogen and oxygen atoms in total. The van der Waals surface area contributed by atoms with Crippen molar-refractivity contribution in [2.45, 2.75) is 38.6 Å². The van der Waals surface area contributed by atoms with Crippen LogP contribution in [0.2, 0.25) is 0 Å². The minimum Gasteiger partial charge on any atom is -0.323 e. The van der Waals surface area contributed by atoms with Crippen molar-refractivity contribution < 1.29 is 0 Å². The predicted molar refractivity (Wildman–Crippen MR) is 63.0 cm³/mol. The number of hydrogen-bond acceptors (Lipinski definition) is 2. The highest BCUT2D eigenvalue weighted by Crippen LogP contribution is 2.17. The van der Waals surface area contributed by atoms with Gasteiger partial charge in [-0.2, -0.15) is 0 Å². The van der Waals surface area contributed by atoms with E-state index in [0.717, 1.165) is 16.7 Å². The van der Waals surface area contributed by atoms with Gasteiger partial charge in [-0.1, -0.05) is 32.3 Å². The van der Waals surface area contributed by atoms with E-state index < -0.39 is 0 Å². The molecular formula is C11H17BrN2. The molecule has 0 radical (unpaired) electrons. The predicted octanol–water partition coefficient (Wildman–Crippen LogP) is 3.42. The van der Waals surface area contributed by atoms with Crippen molar-refractivity contribution in [2.24, 2.45) is 5.73 Å². The third-order valence-corrected chi connectivity index (χ3v) is 2.68. The summed E-state index contributed by atoms with van der Waals surface area (Å²) < 4.78 is 0.862. The van der Waals surface area contributed by atoms with Crippen LogP contribution in [0.5, 0.6) is 0 Å². The Bertz CT molecular complexity index is 276. The molecule has 1 atom stereocenters. The van der Waals surface area contributed by atoms with Gasteiger partial charge in [-0.15, -0.1) is 0 Å². The lowest BCUT2D eigenvalue weighted by Gasteiger charge is -2.10. The molecule has 1 heterocycles. The quantitative estimate of drug-likeness (QED) is 0.648. The zero-order valence-electron chi connectivity index (χ0n) is 8.54. The number of unbranched alkanes of at least 4 members (excludes halogenated alkanes) is 2. The Hall–Kier alpha value is -0.410. The molecule has 1 aromatic rings. The molecule has 0 aliphatic carbocycles. The number of nitrogens with two attached hydrogens (primary N) is 1. The van der Waals surface area contributed by atoms with Crippen molar-refractivity contribution in [1.82, 2.24) is 4.98 Å². The van der Waals surface area contributed by atoms with E-state index in [1.165, 1.54) is 19.3 Å². The maximum Gasteiger partial charge on any atom is 0.106 e. The maximum atomic E-state index is 6.02. The topological polar surface area (TPSA) is 38.9 Å². The molecule has 0 unspecified atom stereocenters. The molecule has 3 heteroatoms. The molecule has 14 heavy (non-hydrogen) atoms. The van der Waals surface area contributed by atoms with Gasteiger partial charge in [-0.25, -0.2) is 4.98 Å². The average Bonchev–Trinajstić information content (AvgIpc) is 2.18. The van der Waals surface area contributed by atoms with Crippen LogP contribution in [0.3, 0.4) is 0 Å². The second kappa shape index (κ2) is 6.14. The Balaban J connectivity index is 2.47. The summed E-state index contributed by atoms with van der Waals surface area (Å²) in [6.45, 7) is 2.20. The Morgan fingerprint density at radius 1 is 1.43 bits per heavy atom. The molecule has 0 spiro atoms. The lowest BCUT2D eigenvalue weighted by atomic mass is 10.1. The molecule has 0 saturated carbocycles. The van der Waals surface area contributed by atoms with Crippen molar-refractivity contribution in [3.05, 3.63) is 28.5 Å². The Labute approximate surface area is 94.0 Å². The number of nitrogens with zero attached hydrogens (tertiary/aromatic N) is 1. The normalized spacial score (nSPS) is 12.8. The summed E-state index contributed by atoms with van der Waals surface area (Å²) in [6.07, 6.45) is 4.70. The Morgan fingerprint density at radius 2 is 2.21 bits per heavy atom. The van der Waals surface area contributed by atoms with E-state index in [2.05, 4.69) is 27.8 Å². The summed E-state index contributed by atoms with van der Waals surface area (Å²) in [4.78, 5) is 4.34. The van der Waals surface area contributed by atoms with Crippen LogP contribution in [-0.2, 0) is 0 Å². The molecule has 1 aromatic heterocycles. The largest absolute Gasteiger partial charge is 0.323 e. The van der Waals surface area contributed by atoms with E-state index in [0.29, 0.717) is 0 Å². The maximum absolute atomic E-state index is 6.02. The van der Waals surface area contributed by atoms with Crippen molar-refractivity contribution in [1.29, 1.82) is 0 Å². The van der Waals surface area contributed by atoms with Gasteiger partial charge in [0.1, 0.15) is 4.60 Å². The minimum atomic E-state index is 0.0825. The minimum absolute atomic E-state index is 0.0825. The van der Waals surface area contributed by atoms with Gasteiger partial charge in [0.05, 0.1) is 5.69 Å². The van der Waals surface area contributed by atoms with Crippen molar-refractivity contribution >= 4 is 15.9 Å². The van der Waals surface area contributed by atoms with E-state index in [-0.39, 0.29) is 6.04 Å². The van der Waals surface area contributed by atoms with E-state index in [1.54, 1.807) is 0 Å². The zero-order chi connectivity index (χ0) is 10.4. The van der Waals surface area contributed by atoms with E-state index in [4.69, 9.17) is 5.73 Å². The Kier molecular flexibility index (Phi) is 5.12. The highest BCUT2D eigenvalue weighted by Gasteiger charge is 2.06. The number of aromatic nitrogens is 1. The average molecular weight is 257 g/mol. The van der Waals surface area contributed by atoms with Gasteiger partial charge in [0.2, 0.25) is 0 Å². The van der Waals surface area contributed by atoms with Crippen LogP contribution in [0.25, 0.3) is 0 Å². The molecule has 0 saturated heterocycles. The fourth-order valence-corrected chi connectivity index (χ4v) is 1.75. The van der Waals surface area contributed by atoms with Crippen LogP contribution < -0.4 is 5.73 Å². The van der Waals surface area contributed by atoms with E-state index in [9.17, 15) is 0 Å². The summed E-state index contributed by atoms with van der Waals surface area (Å²) in [5.41, 5.74) is 7.00. The Morgan fingerprint density at radius 3 is 2.86 bits per heavy atom. The van der Waals surface area contributed by atoms with Crippen LogP contribution in [0.4, 0.5) is 0 Å². The van der Waals surface area contributed by atoms with E-state index >= 15 is 0 Å². The molecule has 78 valence electrons. The lowest BCUT2D eigenvalue weighted by Crippen LogP contribution is -2.11. The highest BCUT2D eigenvalue weighted by atomic mass is 79.9. The number of pyridine rings is 1. The van der Waals surface area contributed by atoms with Crippen molar-refractivity contribution in [3.63, 3.8) is 0 Å². The summed E-state index contributed by atoms with van der Waals surface area (Å²) >= 11 is 3.35. The van der Waals surface area contributed by atoms with Crippen molar-refractivity contribution in [2.75, 3.05) is 0 Å². The molecule has 0 fully saturated rings. The molecule has 0 aliphatic rings. The summed E-state index contributed by atoms with van der Waals surface area (Å²) in [5.74, 6) is 0. The number of rotatable bonds is 5. The second-order valence-electron chi connectivity index (χ2n) is 3.49. The van der Waals surface area contributed by atoms with Crippen LogP contribution in [0, 0.1) is 0 Å². The van der Waals surface area contributed by atoms with Gasteiger partial charge in [0, 0.05) is 6.04 Å². The first kappa shape index (κ1) is 11.7. The van der Waals surface area contributed by atoms with Gasteiger partial charge in [0.15, 0.2) is 0 Å². The third kappa shape index (κ3) is 3.76. The van der Waals surface area contributed by atoms with Crippen LogP contribution in [-0.4, -0.2) is 4.98 Å². The van der Waals surface area contributed by atoms with Gasteiger partial charge >= 0.3 is 0 Å². The molecule has 0 bridgehead atoms. The van der Waals surface area contributed by atoms with Gasteiger partial charge in [0.25, 0.3) is 0 Å². The van der Waals surface area contributed by atoms with Crippen LogP contribution in [0.1, 0.15) is 44.3 Å². The lowest BCUT2D eigenvalue weighted by molar-refractivity contribution is 0.570. The fraction of sp³-hybridized carbons (Fsp3) is 0.545. The smallest absolute Gasteiger partial charge is 0.106 e. The van der Waals surface area contributed by atoms with Gasteiger partial charge < -0.3 is 5.73 Å². The third-order valence-electron chi connectivity index (χ3n) is 2.24. The molecular weight excluding hydrogens is 240 g/mol. The van der Waals surface area contributed by atoms with Crippen molar-refractivity contribution in [3.8, 4) is 0 Å². The first-order valence-corrected chi connectivity index (χ1v) is 5.91. The first-order valence-electron chi connectivity index (χ1n) is 5.12. The standard InChI is InChI=1S/C11H17BrN2/c1-2-3-4-6-9(13)10-7-5-8-11(12)14-10/h5,7-9H,2-4,6,13H2,1H3/t9-/m1/s1. The van der Waals surface area contributed by atoms with Crippen LogP contribution in [0.15, 0.2) is 22.8 Å². The van der Waals surface area contributed by atoms with Gasteiger partial charge in [-0.05, 0) is 34.5 Å². The molecule has 2 N–H and O–H groups in total. The summed E-state index contributed by atoms with van der Waals surface area (Å²) in [5, 5.41) is 0. The SMILES string of the molecule is CCCCC[C@@H](N)c1cccc(Br)n1. The molecule has 0 amide bonds. The van der Waals surface area contributed by atoms with Gasteiger partial charge in [-0.3, -0.25) is 0 Å². The summed E-state index contributed by atoms with van der Waals surface area (Å²) in [6, 6.07) is 5.97. The monoisotopic (exact) mass is 256 g/mol. The zero-order valence-corrected chi connectivity index (χ0v) is 10.1. The number of halogens is 1. The summed E-state index contributed by atoms with van der Waals surface area (Å²) in [7, 11) is 0. The van der Waals surface area contributed by atoms with E-state index in [1.807, 2.05) is 18.2 Å². The fourth-order valence-electron chi connectivity index (χ4n) is 1.39.